The van der Waals surface area contributed by atoms with E-state index in [1.54, 1.807) is 12.4 Å². The van der Waals surface area contributed by atoms with Crippen LogP contribution in [0.5, 0.6) is 0 Å². The third-order valence-electron chi connectivity index (χ3n) is 5.63. The minimum Gasteiger partial charge on any atom is -0.354 e. The zero-order valence-electron chi connectivity index (χ0n) is 15.0. The van der Waals surface area contributed by atoms with Gasteiger partial charge in [-0.05, 0) is 55.4 Å². The SMILES string of the molecule is N#Cc1nccnc1N1CCC(c2ccc3cc(C4CC4)cnc3n2)CC1. The van der Waals surface area contributed by atoms with Gasteiger partial charge in [0.05, 0.1) is 0 Å². The highest BCUT2D eigenvalue weighted by atomic mass is 15.2. The zero-order valence-corrected chi connectivity index (χ0v) is 15.0. The maximum atomic E-state index is 9.24. The predicted octanol–water partition coefficient (Wildman–Crippen LogP) is 3.55. The van der Waals surface area contributed by atoms with E-state index in [9.17, 15) is 5.26 Å². The van der Waals surface area contributed by atoms with Crippen LogP contribution in [0.25, 0.3) is 11.0 Å². The number of fused-ring (bicyclic) bond motifs is 1. The first-order valence-corrected chi connectivity index (χ1v) is 9.54. The van der Waals surface area contributed by atoms with Crippen molar-refractivity contribution in [3.8, 4) is 6.07 Å². The van der Waals surface area contributed by atoms with Gasteiger partial charge in [-0.25, -0.2) is 19.9 Å². The Bertz CT molecular complexity index is 1030. The lowest BCUT2D eigenvalue weighted by atomic mass is 9.92. The highest BCUT2D eigenvalue weighted by molar-refractivity contribution is 5.75. The van der Waals surface area contributed by atoms with Crippen LogP contribution in [0.4, 0.5) is 5.82 Å². The van der Waals surface area contributed by atoms with E-state index < -0.39 is 0 Å². The Balaban J connectivity index is 1.33. The second-order valence-electron chi connectivity index (χ2n) is 7.43. The fourth-order valence-electron chi connectivity index (χ4n) is 3.94. The number of rotatable bonds is 3. The van der Waals surface area contributed by atoms with Gasteiger partial charge in [0, 0.05) is 48.7 Å². The third kappa shape index (κ3) is 3.10. The normalized spacial score (nSPS) is 17.8. The summed E-state index contributed by atoms with van der Waals surface area (Å²) in [6.45, 7) is 1.71. The molecule has 1 saturated heterocycles. The number of nitrogens with zero attached hydrogens (tertiary/aromatic N) is 6. The largest absolute Gasteiger partial charge is 0.354 e. The Morgan fingerprint density at radius 3 is 2.56 bits per heavy atom. The summed E-state index contributed by atoms with van der Waals surface area (Å²) in [4.78, 5) is 20.1. The van der Waals surface area contributed by atoms with Crippen LogP contribution in [0.2, 0.25) is 0 Å². The van der Waals surface area contributed by atoms with Crippen molar-refractivity contribution in [3.63, 3.8) is 0 Å². The average Bonchev–Trinajstić information content (AvgIpc) is 3.58. The fourth-order valence-corrected chi connectivity index (χ4v) is 3.94. The van der Waals surface area contributed by atoms with Crippen molar-refractivity contribution in [1.29, 1.82) is 5.26 Å². The Labute approximate surface area is 157 Å². The van der Waals surface area contributed by atoms with Crippen molar-refractivity contribution >= 4 is 16.9 Å². The molecule has 6 nitrogen and oxygen atoms in total. The molecule has 27 heavy (non-hydrogen) atoms. The Kier molecular flexibility index (Phi) is 3.93. The van der Waals surface area contributed by atoms with Gasteiger partial charge >= 0.3 is 0 Å². The molecule has 0 bridgehead atoms. The van der Waals surface area contributed by atoms with Gasteiger partial charge in [0.2, 0.25) is 0 Å². The van der Waals surface area contributed by atoms with Gasteiger partial charge in [0.25, 0.3) is 0 Å². The molecule has 1 aliphatic heterocycles. The third-order valence-corrected chi connectivity index (χ3v) is 5.63. The van der Waals surface area contributed by atoms with Gasteiger partial charge in [0.15, 0.2) is 17.2 Å². The molecule has 134 valence electrons. The molecule has 2 fully saturated rings. The minimum atomic E-state index is 0.399. The van der Waals surface area contributed by atoms with Crippen molar-refractivity contribution in [2.75, 3.05) is 18.0 Å². The highest BCUT2D eigenvalue weighted by Crippen LogP contribution is 2.40. The molecule has 3 aromatic heterocycles. The van der Waals surface area contributed by atoms with Crippen molar-refractivity contribution in [2.45, 2.75) is 37.5 Å². The number of aromatic nitrogens is 4. The quantitative estimate of drug-likeness (QED) is 0.714. The van der Waals surface area contributed by atoms with Crippen LogP contribution in [0.1, 0.15) is 54.5 Å². The summed E-state index contributed by atoms with van der Waals surface area (Å²) in [5, 5.41) is 10.4. The summed E-state index contributed by atoms with van der Waals surface area (Å²) in [5.41, 5.74) is 3.71. The lowest BCUT2D eigenvalue weighted by Gasteiger charge is -2.32. The predicted molar refractivity (Wildman–Crippen MR) is 102 cm³/mol. The number of nitriles is 1. The highest BCUT2D eigenvalue weighted by Gasteiger charge is 2.26. The molecule has 1 saturated carbocycles. The summed E-state index contributed by atoms with van der Waals surface area (Å²) >= 11 is 0. The summed E-state index contributed by atoms with van der Waals surface area (Å²) in [7, 11) is 0. The fraction of sp³-hybridized carbons (Fsp3) is 0.381. The molecule has 6 heteroatoms. The average molecular weight is 356 g/mol. The first-order valence-electron chi connectivity index (χ1n) is 9.54. The lowest BCUT2D eigenvalue weighted by Crippen LogP contribution is -2.34. The van der Waals surface area contributed by atoms with Crippen LogP contribution >= 0.6 is 0 Å². The maximum absolute atomic E-state index is 9.24. The monoisotopic (exact) mass is 356 g/mol. The number of hydrogen-bond acceptors (Lipinski definition) is 6. The summed E-state index contributed by atoms with van der Waals surface area (Å²) in [6.07, 6.45) is 9.76. The molecule has 4 heterocycles. The number of piperidine rings is 1. The Morgan fingerprint density at radius 2 is 1.78 bits per heavy atom. The van der Waals surface area contributed by atoms with Gasteiger partial charge in [-0.15, -0.1) is 0 Å². The first kappa shape index (κ1) is 16.1. The van der Waals surface area contributed by atoms with Crippen molar-refractivity contribution in [2.24, 2.45) is 0 Å². The van der Waals surface area contributed by atoms with Crippen molar-refractivity contribution in [1.82, 2.24) is 19.9 Å². The molecule has 0 aromatic carbocycles. The van der Waals surface area contributed by atoms with E-state index in [2.05, 4.69) is 44.1 Å². The van der Waals surface area contributed by atoms with Gasteiger partial charge in [-0.3, -0.25) is 0 Å². The maximum Gasteiger partial charge on any atom is 0.183 e. The number of anilines is 1. The van der Waals surface area contributed by atoms with Crippen molar-refractivity contribution < 1.29 is 0 Å². The molecule has 5 rings (SSSR count). The molecule has 0 radical (unpaired) electrons. The molecule has 0 N–H and O–H groups in total. The van der Waals surface area contributed by atoms with E-state index in [1.807, 2.05) is 6.20 Å². The summed E-state index contributed by atoms with van der Waals surface area (Å²) in [6, 6.07) is 8.71. The first-order chi connectivity index (χ1) is 13.3. The molecular weight excluding hydrogens is 336 g/mol. The van der Waals surface area contributed by atoms with Crippen LogP contribution < -0.4 is 4.90 Å². The molecular formula is C21H20N6. The Hall–Kier alpha value is -3.07. The topological polar surface area (TPSA) is 78.6 Å². The Morgan fingerprint density at radius 1 is 0.963 bits per heavy atom. The van der Waals surface area contributed by atoms with Crippen molar-refractivity contribution in [3.05, 3.63) is 53.7 Å². The van der Waals surface area contributed by atoms with E-state index in [4.69, 9.17) is 4.98 Å². The van der Waals surface area contributed by atoms with E-state index >= 15 is 0 Å². The lowest BCUT2D eigenvalue weighted by molar-refractivity contribution is 0.494. The molecule has 3 aromatic rings. The van der Waals surface area contributed by atoms with Crippen LogP contribution in [0, 0.1) is 11.3 Å². The van der Waals surface area contributed by atoms with E-state index in [1.165, 1.54) is 18.4 Å². The summed E-state index contributed by atoms with van der Waals surface area (Å²) < 4.78 is 0. The van der Waals surface area contributed by atoms with Gasteiger partial charge in [-0.1, -0.05) is 0 Å². The van der Waals surface area contributed by atoms with E-state index in [0.29, 0.717) is 23.3 Å². The molecule has 0 amide bonds. The van der Waals surface area contributed by atoms with Crippen LogP contribution in [0.3, 0.4) is 0 Å². The van der Waals surface area contributed by atoms with Gasteiger partial charge in [0.1, 0.15) is 6.07 Å². The number of hydrogen-bond donors (Lipinski definition) is 0. The van der Waals surface area contributed by atoms with E-state index in [-0.39, 0.29) is 0 Å². The molecule has 0 atom stereocenters. The van der Waals surface area contributed by atoms with Crippen LogP contribution in [-0.2, 0) is 0 Å². The molecule has 2 aliphatic rings. The van der Waals surface area contributed by atoms with Gasteiger partial charge in [-0.2, -0.15) is 5.26 Å². The molecule has 0 spiro atoms. The molecule has 1 aliphatic carbocycles. The zero-order chi connectivity index (χ0) is 18.2. The standard InChI is InChI=1S/C21H20N6/c22-12-19-21(24-8-7-23-19)27-9-5-15(6-10-27)18-4-3-16-11-17(14-1-2-14)13-25-20(16)26-18/h3-4,7-8,11,13-15H,1-2,5-6,9-10H2. The van der Waals surface area contributed by atoms with Crippen LogP contribution in [-0.4, -0.2) is 33.0 Å². The second kappa shape index (κ2) is 6.58. The van der Waals surface area contributed by atoms with E-state index in [0.717, 1.165) is 42.7 Å². The summed E-state index contributed by atoms with van der Waals surface area (Å²) in [5.74, 6) is 1.82. The number of pyridine rings is 2. The molecule has 0 unspecified atom stereocenters. The minimum absolute atomic E-state index is 0.399. The second-order valence-corrected chi connectivity index (χ2v) is 7.43. The van der Waals surface area contributed by atoms with Gasteiger partial charge < -0.3 is 4.90 Å². The smallest absolute Gasteiger partial charge is 0.183 e. The van der Waals surface area contributed by atoms with Crippen LogP contribution in [0.15, 0.2) is 36.8 Å².